The molecule has 1 heterocycles. The van der Waals surface area contributed by atoms with Crippen LogP contribution in [0.1, 0.15) is 34.9 Å². The zero-order valence-electron chi connectivity index (χ0n) is 17.9. The number of carbonyl (C=O) groups excluding carboxylic acids is 1. The number of likely N-dealkylation sites (N-methyl/N-ethyl adjacent to an activating group) is 1. The normalized spacial score (nSPS) is 11.8. The fourth-order valence-corrected chi connectivity index (χ4v) is 5.00. The van der Waals surface area contributed by atoms with E-state index < -0.39 is 10.0 Å². The Morgan fingerprint density at radius 1 is 1.03 bits per heavy atom. The van der Waals surface area contributed by atoms with Crippen molar-refractivity contribution in [3.05, 3.63) is 83.2 Å². The molecule has 0 saturated carbocycles. The van der Waals surface area contributed by atoms with Gasteiger partial charge in [0.15, 0.2) is 5.76 Å². The van der Waals surface area contributed by atoms with Crippen molar-refractivity contribution in [1.29, 1.82) is 0 Å². The SMILES string of the molecule is Cc1noc(C)c1S(=O)(=O)N(C)CC(=O)NCCC(c1ccccc1)c1ccccc1. The minimum absolute atomic E-state index is 0.0102. The molecule has 164 valence electrons. The van der Waals surface area contributed by atoms with Crippen LogP contribution in [0.15, 0.2) is 70.1 Å². The van der Waals surface area contributed by atoms with Crippen LogP contribution in [0.5, 0.6) is 0 Å². The van der Waals surface area contributed by atoms with Gasteiger partial charge in [0.2, 0.25) is 15.9 Å². The highest BCUT2D eigenvalue weighted by Crippen LogP contribution is 2.27. The van der Waals surface area contributed by atoms with Crippen molar-refractivity contribution in [2.45, 2.75) is 31.1 Å². The van der Waals surface area contributed by atoms with E-state index in [2.05, 4.69) is 34.7 Å². The Bertz CT molecular complexity index is 1050. The number of nitrogens with zero attached hydrogens (tertiary/aromatic N) is 2. The number of amides is 1. The molecule has 0 unspecified atom stereocenters. The van der Waals surface area contributed by atoms with Crippen LogP contribution in [0.3, 0.4) is 0 Å². The van der Waals surface area contributed by atoms with Crippen LogP contribution >= 0.6 is 0 Å². The minimum atomic E-state index is -3.86. The lowest BCUT2D eigenvalue weighted by Crippen LogP contribution is -2.39. The summed E-state index contributed by atoms with van der Waals surface area (Å²) in [6, 6.07) is 20.2. The first-order valence-corrected chi connectivity index (χ1v) is 11.5. The molecule has 0 radical (unpaired) electrons. The average Bonchev–Trinajstić information content (AvgIpc) is 3.11. The fraction of sp³-hybridized carbons (Fsp3) is 0.304. The molecule has 2 aromatic carbocycles. The quantitative estimate of drug-likeness (QED) is 0.550. The summed E-state index contributed by atoms with van der Waals surface area (Å²) in [5.41, 5.74) is 2.61. The molecular weight excluding hydrogens is 414 g/mol. The van der Waals surface area contributed by atoms with Gasteiger partial charge >= 0.3 is 0 Å². The second kappa shape index (κ2) is 9.89. The van der Waals surface area contributed by atoms with E-state index in [1.54, 1.807) is 6.92 Å². The van der Waals surface area contributed by atoms with Crippen LogP contribution in [0.25, 0.3) is 0 Å². The van der Waals surface area contributed by atoms with Gasteiger partial charge in [-0.3, -0.25) is 4.79 Å². The highest BCUT2D eigenvalue weighted by molar-refractivity contribution is 7.89. The molecule has 8 heteroatoms. The van der Waals surface area contributed by atoms with Gasteiger partial charge in [-0.1, -0.05) is 65.8 Å². The number of rotatable bonds is 9. The van der Waals surface area contributed by atoms with E-state index in [4.69, 9.17) is 4.52 Å². The van der Waals surface area contributed by atoms with Crippen molar-refractivity contribution < 1.29 is 17.7 Å². The Balaban J connectivity index is 1.62. The fourth-order valence-electron chi connectivity index (χ4n) is 3.59. The Hall–Kier alpha value is -2.97. The third kappa shape index (κ3) is 5.39. The summed E-state index contributed by atoms with van der Waals surface area (Å²) in [5, 5.41) is 6.54. The first-order valence-electron chi connectivity index (χ1n) is 10.1. The Kier molecular flexibility index (Phi) is 7.25. The van der Waals surface area contributed by atoms with Gasteiger partial charge in [0.1, 0.15) is 10.6 Å². The maximum absolute atomic E-state index is 12.8. The molecule has 0 bridgehead atoms. The number of sulfonamides is 1. The maximum Gasteiger partial charge on any atom is 0.248 e. The number of hydrogen-bond donors (Lipinski definition) is 1. The molecule has 1 aromatic heterocycles. The number of nitrogens with one attached hydrogen (secondary N) is 1. The number of aromatic nitrogens is 1. The van der Waals surface area contributed by atoms with Crippen LogP contribution in [0, 0.1) is 13.8 Å². The molecule has 1 amide bonds. The largest absolute Gasteiger partial charge is 0.360 e. The summed E-state index contributed by atoms with van der Waals surface area (Å²) in [6.45, 7) is 3.24. The van der Waals surface area contributed by atoms with Crippen molar-refractivity contribution in [3.63, 3.8) is 0 Å². The van der Waals surface area contributed by atoms with E-state index >= 15 is 0 Å². The van der Waals surface area contributed by atoms with Gasteiger partial charge in [-0.05, 0) is 31.4 Å². The molecule has 0 aliphatic rings. The van der Waals surface area contributed by atoms with E-state index in [0.29, 0.717) is 13.0 Å². The van der Waals surface area contributed by atoms with Crippen LogP contribution in [0.2, 0.25) is 0 Å². The molecule has 0 spiro atoms. The predicted octanol–water partition coefficient (Wildman–Crippen LogP) is 3.25. The smallest absolute Gasteiger partial charge is 0.248 e. The van der Waals surface area contributed by atoms with Gasteiger partial charge in [0.25, 0.3) is 0 Å². The Morgan fingerprint density at radius 3 is 2.06 bits per heavy atom. The van der Waals surface area contributed by atoms with Gasteiger partial charge in [-0.25, -0.2) is 8.42 Å². The highest BCUT2D eigenvalue weighted by atomic mass is 32.2. The average molecular weight is 442 g/mol. The van der Waals surface area contributed by atoms with Crippen molar-refractivity contribution >= 4 is 15.9 Å². The monoisotopic (exact) mass is 441 g/mol. The summed E-state index contributed by atoms with van der Waals surface area (Å²) in [6.07, 6.45) is 0.695. The second-order valence-corrected chi connectivity index (χ2v) is 9.41. The first kappa shape index (κ1) is 22.7. The molecule has 1 N–H and O–H groups in total. The first-order chi connectivity index (χ1) is 14.8. The molecule has 3 aromatic rings. The summed E-state index contributed by atoms with van der Waals surface area (Å²) in [5.74, 6) is -0.0255. The maximum atomic E-state index is 12.8. The third-order valence-corrected chi connectivity index (χ3v) is 7.21. The summed E-state index contributed by atoms with van der Waals surface area (Å²) in [4.78, 5) is 12.4. The minimum Gasteiger partial charge on any atom is -0.360 e. The van der Waals surface area contributed by atoms with Crippen LogP contribution in [-0.4, -0.2) is 43.9 Å². The van der Waals surface area contributed by atoms with Crippen LogP contribution in [0.4, 0.5) is 0 Å². The summed E-state index contributed by atoms with van der Waals surface area (Å²) in [7, 11) is -2.49. The van der Waals surface area contributed by atoms with Gasteiger partial charge in [-0.2, -0.15) is 4.31 Å². The highest BCUT2D eigenvalue weighted by Gasteiger charge is 2.29. The number of hydrogen-bond acceptors (Lipinski definition) is 5. The number of aryl methyl sites for hydroxylation is 2. The summed E-state index contributed by atoms with van der Waals surface area (Å²) < 4.78 is 31.5. The van der Waals surface area contributed by atoms with E-state index in [-0.39, 0.29) is 34.7 Å². The lowest BCUT2D eigenvalue weighted by Gasteiger charge is -2.20. The van der Waals surface area contributed by atoms with Gasteiger partial charge < -0.3 is 9.84 Å². The molecule has 31 heavy (non-hydrogen) atoms. The van der Waals surface area contributed by atoms with Crippen molar-refractivity contribution in [3.8, 4) is 0 Å². The second-order valence-electron chi connectivity index (χ2n) is 7.43. The molecule has 0 saturated heterocycles. The Morgan fingerprint density at radius 2 is 1.58 bits per heavy atom. The van der Waals surface area contributed by atoms with Crippen LogP contribution in [-0.2, 0) is 14.8 Å². The zero-order valence-corrected chi connectivity index (χ0v) is 18.7. The van der Waals surface area contributed by atoms with Crippen molar-refractivity contribution in [2.75, 3.05) is 20.1 Å². The van der Waals surface area contributed by atoms with Crippen molar-refractivity contribution in [1.82, 2.24) is 14.8 Å². The topological polar surface area (TPSA) is 92.5 Å². The van der Waals surface area contributed by atoms with E-state index in [1.807, 2.05) is 36.4 Å². The van der Waals surface area contributed by atoms with Gasteiger partial charge in [0.05, 0.1) is 6.54 Å². The predicted molar refractivity (Wildman–Crippen MR) is 118 cm³/mol. The summed E-state index contributed by atoms with van der Waals surface area (Å²) >= 11 is 0. The molecule has 7 nitrogen and oxygen atoms in total. The van der Waals surface area contributed by atoms with E-state index in [0.717, 1.165) is 4.31 Å². The molecule has 3 rings (SSSR count). The van der Waals surface area contributed by atoms with Gasteiger partial charge in [-0.15, -0.1) is 0 Å². The molecule has 0 fully saturated rings. The molecule has 0 atom stereocenters. The molecule has 0 aliphatic heterocycles. The standard InChI is InChI=1S/C23H27N3O4S/c1-17-23(18(2)30-25-17)31(28,29)26(3)16-22(27)24-15-14-21(19-10-6-4-7-11-19)20-12-8-5-9-13-20/h4-13,21H,14-16H2,1-3H3,(H,24,27). The lowest BCUT2D eigenvalue weighted by atomic mass is 9.88. The van der Waals surface area contributed by atoms with E-state index in [9.17, 15) is 13.2 Å². The molecule has 0 aliphatic carbocycles. The third-order valence-electron chi connectivity index (χ3n) is 5.16. The lowest BCUT2D eigenvalue weighted by molar-refractivity contribution is -0.121. The Labute approximate surface area is 183 Å². The number of benzene rings is 2. The molecular formula is C23H27N3O4S. The number of carbonyl (C=O) groups is 1. The van der Waals surface area contributed by atoms with Gasteiger partial charge in [0, 0.05) is 19.5 Å². The van der Waals surface area contributed by atoms with Crippen molar-refractivity contribution in [2.24, 2.45) is 0 Å². The van der Waals surface area contributed by atoms with E-state index in [1.165, 1.54) is 25.1 Å². The van der Waals surface area contributed by atoms with Crippen LogP contribution < -0.4 is 5.32 Å². The zero-order chi connectivity index (χ0) is 22.4.